The van der Waals surface area contributed by atoms with Crippen molar-refractivity contribution in [2.75, 3.05) is 0 Å². The minimum Gasteiger partial charge on any atom is -0.374 e. The second-order valence-electron chi connectivity index (χ2n) is 5.92. The summed E-state index contributed by atoms with van der Waals surface area (Å²) in [6.07, 6.45) is 5.09. The van der Waals surface area contributed by atoms with Crippen molar-refractivity contribution in [2.24, 2.45) is 5.41 Å². The Hall–Kier alpha value is -0.410. The van der Waals surface area contributed by atoms with Gasteiger partial charge in [0.25, 0.3) is 0 Å². The van der Waals surface area contributed by atoms with Crippen LogP contribution in [0.1, 0.15) is 45.1 Å². The molecule has 0 spiro atoms. The molecule has 100 valence electrons. The zero-order valence-electron chi connectivity index (χ0n) is 11.0. The highest BCUT2D eigenvalue weighted by atomic mass is 79.9. The summed E-state index contributed by atoms with van der Waals surface area (Å²) < 4.78 is 19.5. The van der Waals surface area contributed by atoms with Crippen LogP contribution in [0.5, 0.6) is 0 Å². The van der Waals surface area contributed by atoms with E-state index in [1.807, 2.05) is 0 Å². The van der Waals surface area contributed by atoms with Gasteiger partial charge in [-0.25, -0.2) is 4.39 Å². The summed E-state index contributed by atoms with van der Waals surface area (Å²) in [6, 6.07) is 5.06. The summed E-state index contributed by atoms with van der Waals surface area (Å²) in [5, 5.41) is 0. The van der Waals surface area contributed by atoms with Crippen LogP contribution >= 0.6 is 15.9 Å². The van der Waals surface area contributed by atoms with Gasteiger partial charge in [-0.05, 0) is 64.7 Å². The second-order valence-corrected chi connectivity index (χ2v) is 6.78. The second kappa shape index (κ2) is 5.70. The number of benzene rings is 1. The summed E-state index contributed by atoms with van der Waals surface area (Å²) in [7, 11) is 0. The first-order valence-corrected chi connectivity index (χ1v) is 7.31. The van der Waals surface area contributed by atoms with Gasteiger partial charge in [0.1, 0.15) is 5.82 Å². The molecule has 0 unspecified atom stereocenters. The lowest BCUT2D eigenvalue weighted by Gasteiger charge is -2.34. The van der Waals surface area contributed by atoms with Gasteiger partial charge in [-0.1, -0.05) is 19.9 Å². The molecule has 0 amide bonds. The number of rotatable bonds is 3. The van der Waals surface area contributed by atoms with Crippen LogP contribution in [0.15, 0.2) is 22.7 Å². The molecular formula is C15H20BrFO. The van der Waals surface area contributed by atoms with Gasteiger partial charge < -0.3 is 4.74 Å². The molecule has 0 heterocycles. The Labute approximate surface area is 117 Å². The third kappa shape index (κ3) is 3.79. The molecule has 0 aromatic heterocycles. The minimum absolute atomic E-state index is 0.224. The summed E-state index contributed by atoms with van der Waals surface area (Å²) >= 11 is 3.20. The molecule has 1 aliphatic carbocycles. The molecule has 3 heteroatoms. The molecule has 1 aliphatic rings. The van der Waals surface area contributed by atoms with Gasteiger partial charge in [0.05, 0.1) is 17.2 Å². The van der Waals surface area contributed by atoms with Crippen LogP contribution in [0, 0.1) is 11.2 Å². The Kier molecular flexibility index (Phi) is 4.44. The van der Waals surface area contributed by atoms with Crippen LogP contribution in [-0.2, 0) is 11.3 Å². The zero-order chi connectivity index (χ0) is 13.2. The van der Waals surface area contributed by atoms with E-state index in [1.54, 1.807) is 12.1 Å². The highest BCUT2D eigenvalue weighted by Crippen LogP contribution is 2.36. The van der Waals surface area contributed by atoms with E-state index in [0.29, 0.717) is 22.6 Å². The number of hydrogen-bond donors (Lipinski definition) is 0. The standard InChI is InChI=1S/C15H20BrFO/c1-15(2)7-5-12(6-8-15)18-10-11-3-4-14(17)13(16)9-11/h3-4,9,12H,5-8,10H2,1-2H3. The molecular weight excluding hydrogens is 295 g/mol. The Bertz CT molecular complexity index is 407. The maximum absolute atomic E-state index is 13.1. The molecule has 1 saturated carbocycles. The molecule has 0 atom stereocenters. The van der Waals surface area contributed by atoms with Crippen molar-refractivity contribution in [3.8, 4) is 0 Å². The average Bonchev–Trinajstić information content (AvgIpc) is 2.32. The Morgan fingerprint density at radius 1 is 1.33 bits per heavy atom. The van der Waals surface area contributed by atoms with E-state index in [9.17, 15) is 4.39 Å². The quantitative estimate of drug-likeness (QED) is 0.756. The molecule has 18 heavy (non-hydrogen) atoms. The SMILES string of the molecule is CC1(C)CCC(OCc2ccc(F)c(Br)c2)CC1. The van der Waals surface area contributed by atoms with E-state index in [1.165, 1.54) is 18.9 Å². The third-order valence-corrected chi connectivity index (χ3v) is 4.36. The number of ether oxygens (including phenoxy) is 1. The first kappa shape index (κ1) is 14.0. The van der Waals surface area contributed by atoms with E-state index in [4.69, 9.17) is 4.74 Å². The predicted octanol–water partition coefficient (Wildman–Crippen LogP) is 5.07. The van der Waals surface area contributed by atoms with Crippen molar-refractivity contribution in [2.45, 2.75) is 52.2 Å². The van der Waals surface area contributed by atoms with Crippen molar-refractivity contribution in [3.05, 3.63) is 34.1 Å². The van der Waals surface area contributed by atoms with E-state index >= 15 is 0 Å². The maximum atomic E-state index is 13.1. The van der Waals surface area contributed by atoms with Gasteiger partial charge in [-0.2, -0.15) is 0 Å². The molecule has 1 aromatic rings. The van der Waals surface area contributed by atoms with Crippen LogP contribution < -0.4 is 0 Å². The van der Waals surface area contributed by atoms with Crippen LogP contribution in [-0.4, -0.2) is 6.10 Å². The topological polar surface area (TPSA) is 9.23 Å². The molecule has 0 N–H and O–H groups in total. The summed E-state index contributed by atoms with van der Waals surface area (Å²) in [6.45, 7) is 5.21. The minimum atomic E-state index is -0.224. The van der Waals surface area contributed by atoms with Gasteiger partial charge in [-0.15, -0.1) is 0 Å². The summed E-state index contributed by atoms with van der Waals surface area (Å²) in [5.41, 5.74) is 1.49. The number of halogens is 2. The van der Waals surface area contributed by atoms with Gasteiger partial charge in [-0.3, -0.25) is 0 Å². The molecule has 0 aliphatic heterocycles. The first-order valence-electron chi connectivity index (χ1n) is 6.52. The van der Waals surface area contributed by atoms with Crippen molar-refractivity contribution in [3.63, 3.8) is 0 Å². The largest absolute Gasteiger partial charge is 0.374 e. The molecule has 2 rings (SSSR count). The fraction of sp³-hybridized carbons (Fsp3) is 0.600. The Morgan fingerprint density at radius 3 is 2.61 bits per heavy atom. The monoisotopic (exact) mass is 314 g/mol. The first-order chi connectivity index (χ1) is 8.46. The maximum Gasteiger partial charge on any atom is 0.137 e. The highest BCUT2D eigenvalue weighted by Gasteiger charge is 2.27. The average molecular weight is 315 g/mol. The molecule has 0 radical (unpaired) electrons. The summed E-state index contributed by atoms with van der Waals surface area (Å²) in [4.78, 5) is 0. The van der Waals surface area contributed by atoms with Crippen molar-refractivity contribution < 1.29 is 9.13 Å². The highest BCUT2D eigenvalue weighted by molar-refractivity contribution is 9.10. The van der Waals surface area contributed by atoms with Crippen molar-refractivity contribution in [1.82, 2.24) is 0 Å². The molecule has 0 saturated heterocycles. The molecule has 1 fully saturated rings. The van der Waals surface area contributed by atoms with Gasteiger partial charge >= 0.3 is 0 Å². The van der Waals surface area contributed by atoms with Crippen LogP contribution in [0.4, 0.5) is 4.39 Å². The van der Waals surface area contributed by atoms with Crippen LogP contribution in [0.2, 0.25) is 0 Å². The van der Waals surface area contributed by atoms with E-state index < -0.39 is 0 Å². The van der Waals surface area contributed by atoms with Gasteiger partial charge in [0.15, 0.2) is 0 Å². The predicted molar refractivity (Wildman–Crippen MR) is 74.9 cm³/mol. The van der Waals surface area contributed by atoms with Gasteiger partial charge in [0, 0.05) is 0 Å². The molecule has 0 bridgehead atoms. The Balaban J connectivity index is 1.83. The zero-order valence-corrected chi connectivity index (χ0v) is 12.6. The van der Waals surface area contributed by atoms with E-state index in [0.717, 1.165) is 18.4 Å². The van der Waals surface area contributed by atoms with Crippen molar-refractivity contribution in [1.29, 1.82) is 0 Å². The lowest BCUT2D eigenvalue weighted by Crippen LogP contribution is -2.26. The fourth-order valence-electron chi connectivity index (χ4n) is 2.38. The number of hydrogen-bond acceptors (Lipinski definition) is 1. The molecule has 1 aromatic carbocycles. The van der Waals surface area contributed by atoms with E-state index in [2.05, 4.69) is 29.8 Å². The van der Waals surface area contributed by atoms with Gasteiger partial charge in [0.2, 0.25) is 0 Å². The third-order valence-electron chi connectivity index (χ3n) is 3.76. The normalized spacial score (nSPS) is 20.0. The van der Waals surface area contributed by atoms with Crippen molar-refractivity contribution >= 4 is 15.9 Å². The lowest BCUT2D eigenvalue weighted by atomic mass is 9.76. The van der Waals surface area contributed by atoms with E-state index in [-0.39, 0.29) is 5.82 Å². The smallest absolute Gasteiger partial charge is 0.137 e. The lowest BCUT2D eigenvalue weighted by molar-refractivity contribution is -0.00562. The fourth-order valence-corrected chi connectivity index (χ4v) is 2.81. The Morgan fingerprint density at radius 2 is 2.00 bits per heavy atom. The van der Waals surface area contributed by atoms with Crippen LogP contribution in [0.25, 0.3) is 0 Å². The summed E-state index contributed by atoms with van der Waals surface area (Å²) in [5.74, 6) is -0.224. The van der Waals surface area contributed by atoms with Crippen LogP contribution in [0.3, 0.4) is 0 Å². The molecule has 1 nitrogen and oxygen atoms in total.